The second-order valence-corrected chi connectivity index (χ2v) is 4.91. The van der Waals surface area contributed by atoms with E-state index in [9.17, 15) is 4.39 Å². The Morgan fingerprint density at radius 2 is 1.78 bits per heavy atom. The minimum absolute atomic E-state index is 0.135. The fourth-order valence-electron chi connectivity index (χ4n) is 2.55. The summed E-state index contributed by atoms with van der Waals surface area (Å²) in [7, 11) is 0. The van der Waals surface area contributed by atoms with E-state index in [4.69, 9.17) is 5.84 Å². The third-order valence-corrected chi connectivity index (χ3v) is 3.50. The van der Waals surface area contributed by atoms with Crippen molar-refractivity contribution in [3.8, 4) is 0 Å². The molecule has 0 aliphatic carbocycles. The molecule has 0 radical (unpaired) electrons. The molecular weight excluding hydrogens is 227 g/mol. The maximum atomic E-state index is 13.7. The van der Waals surface area contributed by atoms with Gasteiger partial charge in [0.2, 0.25) is 0 Å². The van der Waals surface area contributed by atoms with E-state index < -0.39 is 0 Å². The van der Waals surface area contributed by atoms with Crippen LogP contribution in [0.3, 0.4) is 0 Å². The standard InChI is InChI=1S/C15H25FN2/c1-3-7-12(8-4-2)15(18-17)11-13-9-5-6-10-14(13)16/h5-6,9-10,12,15,18H,3-4,7-8,11,17H2,1-2H3. The van der Waals surface area contributed by atoms with Crippen LogP contribution in [0.4, 0.5) is 4.39 Å². The normalized spacial score (nSPS) is 12.9. The van der Waals surface area contributed by atoms with Gasteiger partial charge in [-0.05, 0) is 36.8 Å². The van der Waals surface area contributed by atoms with Gasteiger partial charge in [0, 0.05) is 6.04 Å². The second-order valence-electron chi connectivity index (χ2n) is 4.91. The summed E-state index contributed by atoms with van der Waals surface area (Å²) in [4.78, 5) is 0. The third-order valence-electron chi connectivity index (χ3n) is 3.50. The Hall–Kier alpha value is -0.930. The molecule has 1 aromatic rings. The molecule has 1 atom stereocenters. The fraction of sp³-hybridized carbons (Fsp3) is 0.600. The van der Waals surface area contributed by atoms with Gasteiger partial charge in [0.25, 0.3) is 0 Å². The van der Waals surface area contributed by atoms with Crippen LogP contribution in [-0.4, -0.2) is 6.04 Å². The lowest BCUT2D eigenvalue weighted by molar-refractivity contribution is 0.309. The minimum atomic E-state index is -0.135. The summed E-state index contributed by atoms with van der Waals surface area (Å²) >= 11 is 0. The summed E-state index contributed by atoms with van der Waals surface area (Å²) in [6.45, 7) is 4.36. The largest absolute Gasteiger partial charge is 0.271 e. The fourth-order valence-corrected chi connectivity index (χ4v) is 2.55. The molecule has 0 amide bonds. The van der Waals surface area contributed by atoms with E-state index in [0.717, 1.165) is 31.2 Å². The Morgan fingerprint density at radius 1 is 1.17 bits per heavy atom. The molecule has 3 heteroatoms. The molecule has 0 aliphatic heterocycles. The van der Waals surface area contributed by atoms with Crippen molar-refractivity contribution in [2.45, 2.75) is 52.0 Å². The molecule has 102 valence electrons. The van der Waals surface area contributed by atoms with Crippen molar-refractivity contribution < 1.29 is 4.39 Å². The zero-order valence-electron chi connectivity index (χ0n) is 11.5. The second kappa shape index (κ2) is 8.22. The highest BCUT2D eigenvalue weighted by Crippen LogP contribution is 2.21. The van der Waals surface area contributed by atoms with Crippen molar-refractivity contribution in [2.75, 3.05) is 0 Å². The summed E-state index contributed by atoms with van der Waals surface area (Å²) in [5.41, 5.74) is 3.63. The number of hydrogen-bond acceptors (Lipinski definition) is 2. The van der Waals surface area contributed by atoms with Crippen LogP contribution in [0.5, 0.6) is 0 Å². The average molecular weight is 252 g/mol. The molecular formula is C15H25FN2. The smallest absolute Gasteiger partial charge is 0.126 e. The molecule has 0 fully saturated rings. The van der Waals surface area contributed by atoms with Gasteiger partial charge >= 0.3 is 0 Å². The van der Waals surface area contributed by atoms with Crippen LogP contribution in [0.25, 0.3) is 0 Å². The number of halogens is 1. The quantitative estimate of drug-likeness (QED) is 0.549. The Kier molecular flexibility index (Phi) is 6.91. The van der Waals surface area contributed by atoms with Gasteiger partial charge in [0.1, 0.15) is 5.82 Å². The van der Waals surface area contributed by atoms with Gasteiger partial charge in [0.05, 0.1) is 0 Å². The molecule has 2 nitrogen and oxygen atoms in total. The number of nitrogens with one attached hydrogen (secondary N) is 1. The Morgan fingerprint density at radius 3 is 2.28 bits per heavy atom. The van der Waals surface area contributed by atoms with Crippen molar-refractivity contribution in [3.63, 3.8) is 0 Å². The zero-order chi connectivity index (χ0) is 13.4. The maximum Gasteiger partial charge on any atom is 0.126 e. The van der Waals surface area contributed by atoms with E-state index in [-0.39, 0.29) is 11.9 Å². The minimum Gasteiger partial charge on any atom is -0.271 e. The van der Waals surface area contributed by atoms with Crippen LogP contribution in [-0.2, 0) is 6.42 Å². The number of nitrogens with two attached hydrogens (primary N) is 1. The van der Waals surface area contributed by atoms with Gasteiger partial charge in [0.15, 0.2) is 0 Å². The lowest BCUT2D eigenvalue weighted by Gasteiger charge is -2.26. The van der Waals surface area contributed by atoms with E-state index in [1.165, 1.54) is 6.07 Å². The van der Waals surface area contributed by atoms with Crippen LogP contribution in [0.2, 0.25) is 0 Å². The number of hydrogen-bond donors (Lipinski definition) is 2. The first-order valence-corrected chi connectivity index (χ1v) is 6.92. The van der Waals surface area contributed by atoms with Crippen LogP contribution in [0, 0.1) is 11.7 Å². The lowest BCUT2D eigenvalue weighted by Crippen LogP contribution is -2.42. The first kappa shape index (κ1) is 15.1. The van der Waals surface area contributed by atoms with E-state index in [1.807, 2.05) is 12.1 Å². The summed E-state index contributed by atoms with van der Waals surface area (Å²) in [6.07, 6.45) is 5.21. The highest BCUT2D eigenvalue weighted by molar-refractivity contribution is 5.18. The van der Waals surface area contributed by atoms with Crippen molar-refractivity contribution in [1.82, 2.24) is 5.43 Å². The molecule has 3 N–H and O–H groups in total. The van der Waals surface area contributed by atoms with E-state index in [1.54, 1.807) is 6.07 Å². The number of rotatable bonds is 8. The summed E-state index contributed by atoms with van der Waals surface area (Å²) < 4.78 is 13.7. The topological polar surface area (TPSA) is 38.0 Å². The van der Waals surface area contributed by atoms with Crippen molar-refractivity contribution in [3.05, 3.63) is 35.6 Å². The number of hydrazine groups is 1. The van der Waals surface area contributed by atoms with Gasteiger partial charge in [-0.3, -0.25) is 11.3 Å². The molecule has 0 saturated heterocycles. The van der Waals surface area contributed by atoms with E-state index >= 15 is 0 Å². The first-order chi connectivity index (χ1) is 8.72. The Labute approximate surface area is 110 Å². The first-order valence-electron chi connectivity index (χ1n) is 6.92. The van der Waals surface area contributed by atoms with Gasteiger partial charge < -0.3 is 0 Å². The molecule has 1 aromatic carbocycles. The number of benzene rings is 1. The maximum absolute atomic E-state index is 13.7. The van der Waals surface area contributed by atoms with E-state index in [0.29, 0.717) is 12.3 Å². The Balaban J connectivity index is 2.73. The molecule has 0 aliphatic rings. The predicted octanol–water partition coefficient (Wildman–Crippen LogP) is 3.42. The molecule has 1 unspecified atom stereocenters. The van der Waals surface area contributed by atoms with Crippen LogP contribution in [0.1, 0.15) is 45.1 Å². The molecule has 0 bridgehead atoms. The SMILES string of the molecule is CCCC(CCC)C(Cc1ccccc1F)NN. The highest BCUT2D eigenvalue weighted by Gasteiger charge is 2.20. The monoisotopic (exact) mass is 252 g/mol. The van der Waals surface area contributed by atoms with Crippen molar-refractivity contribution in [1.29, 1.82) is 0 Å². The third kappa shape index (κ3) is 4.39. The van der Waals surface area contributed by atoms with Gasteiger partial charge in [-0.1, -0.05) is 44.9 Å². The highest BCUT2D eigenvalue weighted by atomic mass is 19.1. The molecule has 1 rings (SSSR count). The van der Waals surface area contributed by atoms with E-state index in [2.05, 4.69) is 19.3 Å². The van der Waals surface area contributed by atoms with Crippen LogP contribution < -0.4 is 11.3 Å². The summed E-state index contributed by atoms with van der Waals surface area (Å²) in [6, 6.07) is 7.10. The molecule has 18 heavy (non-hydrogen) atoms. The zero-order valence-corrected chi connectivity index (χ0v) is 11.5. The molecule has 0 spiro atoms. The molecule has 0 aromatic heterocycles. The van der Waals surface area contributed by atoms with Crippen LogP contribution >= 0.6 is 0 Å². The molecule has 0 saturated carbocycles. The summed E-state index contributed by atoms with van der Waals surface area (Å²) in [5, 5.41) is 0. The van der Waals surface area contributed by atoms with Gasteiger partial charge in [-0.25, -0.2) is 4.39 Å². The average Bonchev–Trinajstić information content (AvgIpc) is 2.38. The van der Waals surface area contributed by atoms with Gasteiger partial charge in [-0.15, -0.1) is 0 Å². The summed E-state index contributed by atoms with van der Waals surface area (Å²) in [5.74, 6) is 6.04. The van der Waals surface area contributed by atoms with Crippen molar-refractivity contribution >= 4 is 0 Å². The lowest BCUT2D eigenvalue weighted by atomic mass is 9.87. The predicted molar refractivity (Wildman–Crippen MR) is 74.5 cm³/mol. The molecule has 0 heterocycles. The van der Waals surface area contributed by atoms with Crippen molar-refractivity contribution in [2.24, 2.45) is 11.8 Å². The van der Waals surface area contributed by atoms with Gasteiger partial charge in [-0.2, -0.15) is 0 Å². The van der Waals surface area contributed by atoms with Crippen LogP contribution in [0.15, 0.2) is 24.3 Å². The Bertz CT molecular complexity index is 335.